The van der Waals surface area contributed by atoms with E-state index in [1.165, 1.54) is 26.8 Å². The van der Waals surface area contributed by atoms with Gasteiger partial charge >= 0.3 is 6.18 Å². The van der Waals surface area contributed by atoms with Gasteiger partial charge in [0.05, 0.1) is 6.07 Å². The van der Waals surface area contributed by atoms with Gasteiger partial charge in [-0.25, -0.2) is 26.3 Å². The summed E-state index contributed by atoms with van der Waals surface area (Å²) in [6.07, 6.45) is -6.34. The molecule has 3 atom stereocenters. The average molecular weight is 702 g/mol. The summed E-state index contributed by atoms with van der Waals surface area (Å²) in [5.74, 6) is -9.04. The number of H-pyrrole nitrogens is 1. The minimum absolute atomic E-state index is 0.0967. The Kier molecular flexibility index (Phi) is 11.4. The van der Waals surface area contributed by atoms with Crippen LogP contribution in [0.2, 0.25) is 0 Å². The Hall–Kier alpha value is -4.43. The highest BCUT2D eigenvalue weighted by Gasteiger charge is 2.43. The number of amides is 2. The fourth-order valence-electron chi connectivity index (χ4n) is 4.87. The molecule has 260 valence electrons. The Morgan fingerprint density at radius 2 is 1.60 bits per heavy atom. The summed E-state index contributed by atoms with van der Waals surface area (Å²) in [6, 6.07) is 4.04. The van der Waals surface area contributed by atoms with Crippen molar-refractivity contribution >= 4 is 32.7 Å². The number of hydrogen-bond acceptors (Lipinski definition) is 6. The van der Waals surface area contributed by atoms with Crippen LogP contribution in [0.3, 0.4) is 0 Å². The van der Waals surface area contributed by atoms with E-state index in [1.54, 1.807) is 22.9 Å². The summed E-state index contributed by atoms with van der Waals surface area (Å²) < 4.78 is 108. The van der Waals surface area contributed by atoms with E-state index < -0.39 is 92.3 Å². The Bertz CT molecular complexity index is 1920. The molecule has 2 amide bonds. The van der Waals surface area contributed by atoms with Crippen LogP contribution in [0.25, 0.3) is 10.9 Å². The van der Waals surface area contributed by atoms with Gasteiger partial charge in [-0.3, -0.25) is 14.4 Å². The molecule has 17 heteroatoms. The SMILES string of the molecule is Cc1ccc2[nH]c(=O)c(CC(C#N)NC(=O)[C@H](Cc3cc(F)c(F)cc3F)N(C)C(=O)[C@@H](NS(=O)(=O)CC(F)(F)F)C(C)(C)C)cc2c1. The molecule has 0 aliphatic carbocycles. The summed E-state index contributed by atoms with van der Waals surface area (Å²) in [5.41, 5.74) is -1.05. The highest BCUT2D eigenvalue weighted by atomic mass is 32.2. The first kappa shape index (κ1) is 38.0. The molecule has 3 N–H and O–H groups in total. The lowest BCUT2D eigenvalue weighted by molar-refractivity contribution is -0.142. The molecule has 0 saturated heterocycles. The largest absolute Gasteiger partial charge is 0.404 e. The van der Waals surface area contributed by atoms with Gasteiger partial charge in [0.1, 0.15) is 23.9 Å². The first-order chi connectivity index (χ1) is 22.0. The van der Waals surface area contributed by atoms with Crippen LogP contribution >= 0.6 is 0 Å². The molecule has 0 spiro atoms. The van der Waals surface area contributed by atoms with Crippen LogP contribution in [0, 0.1) is 41.1 Å². The van der Waals surface area contributed by atoms with Crippen LogP contribution in [-0.4, -0.2) is 67.2 Å². The second-order valence-corrected chi connectivity index (χ2v) is 14.2. The summed E-state index contributed by atoms with van der Waals surface area (Å²) >= 11 is 0. The van der Waals surface area contributed by atoms with Gasteiger partial charge in [-0.2, -0.15) is 18.4 Å². The first-order valence-corrected chi connectivity index (χ1v) is 16.0. The van der Waals surface area contributed by atoms with Crippen molar-refractivity contribution in [3.8, 4) is 6.07 Å². The van der Waals surface area contributed by atoms with E-state index >= 15 is 0 Å². The van der Waals surface area contributed by atoms with Gasteiger partial charge in [0.25, 0.3) is 5.56 Å². The molecule has 3 rings (SSSR count). The van der Waals surface area contributed by atoms with Crippen LogP contribution < -0.4 is 15.6 Å². The molecule has 1 heterocycles. The lowest BCUT2D eigenvalue weighted by Crippen LogP contribution is -2.59. The second-order valence-electron chi connectivity index (χ2n) is 12.4. The van der Waals surface area contributed by atoms with Crippen molar-refractivity contribution in [1.82, 2.24) is 19.9 Å². The van der Waals surface area contributed by atoms with Crippen LogP contribution in [0.15, 0.2) is 41.2 Å². The van der Waals surface area contributed by atoms with E-state index in [4.69, 9.17) is 0 Å². The van der Waals surface area contributed by atoms with E-state index in [1.807, 2.05) is 13.0 Å². The molecule has 3 aromatic rings. The molecule has 2 aromatic carbocycles. The van der Waals surface area contributed by atoms with E-state index in [0.29, 0.717) is 21.9 Å². The van der Waals surface area contributed by atoms with Gasteiger partial charge in [-0.1, -0.05) is 32.4 Å². The van der Waals surface area contributed by atoms with Crippen molar-refractivity contribution in [2.75, 3.05) is 12.8 Å². The topological polar surface area (TPSA) is 152 Å². The van der Waals surface area contributed by atoms with Gasteiger partial charge in [-0.05, 0) is 47.6 Å². The zero-order chi connectivity index (χ0) is 36.4. The summed E-state index contributed by atoms with van der Waals surface area (Å²) in [4.78, 5) is 43.4. The van der Waals surface area contributed by atoms with Gasteiger partial charge < -0.3 is 15.2 Å². The van der Waals surface area contributed by atoms with Crippen molar-refractivity contribution in [1.29, 1.82) is 5.26 Å². The van der Waals surface area contributed by atoms with Crippen LogP contribution in [0.1, 0.15) is 37.5 Å². The molecular weight excluding hydrogens is 668 g/mol. The number of halogens is 6. The first-order valence-electron chi connectivity index (χ1n) is 14.3. The zero-order valence-electron chi connectivity index (χ0n) is 26.4. The van der Waals surface area contributed by atoms with E-state index in [0.717, 1.165) is 12.6 Å². The molecule has 1 unspecified atom stereocenters. The number of aromatic amines is 1. The monoisotopic (exact) mass is 701 g/mol. The highest BCUT2D eigenvalue weighted by Crippen LogP contribution is 2.26. The molecule has 0 aliphatic heterocycles. The van der Waals surface area contributed by atoms with Crippen molar-refractivity contribution < 1.29 is 44.3 Å². The number of nitrogens with one attached hydrogen (secondary N) is 3. The lowest BCUT2D eigenvalue weighted by atomic mass is 9.86. The van der Waals surface area contributed by atoms with Crippen molar-refractivity contribution in [2.24, 2.45) is 5.41 Å². The highest BCUT2D eigenvalue weighted by molar-refractivity contribution is 7.89. The molecule has 10 nitrogen and oxygen atoms in total. The van der Waals surface area contributed by atoms with Crippen molar-refractivity contribution in [3.63, 3.8) is 0 Å². The third-order valence-corrected chi connectivity index (χ3v) is 8.66. The molecule has 0 aliphatic rings. The van der Waals surface area contributed by atoms with E-state index in [9.17, 15) is 54.4 Å². The number of hydrogen-bond donors (Lipinski definition) is 3. The Morgan fingerprint density at radius 3 is 2.19 bits per heavy atom. The number of fused-ring (bicyclic) bond motifs is 1. The third-order valence-electron chi connectivity index (χ3n) is 7.36. The van der Waals surface area contributed by atoms with Gasteiger partial charge in [0.2, 0.25) is 21.8 Å². The van der Waals surface area contributed by atoms with Crippen molar-refractivity contribution in [2.45, 2.75) is 64.8 Å². The molecule has 0 bridgehead atoms. The van der Waals surface area contributed by atoms with Gasteiger partial charge in [0.15, 0.2) is 17.4 Å². The number of carbonyl (C=O) groups excluding carboxylic acids is 2. The number of benzene rings is 2. The number of likely N-dealkylation sites (N-methyl/N-ethyl adjacent to an activating group) is 1. The molecular formula is C31H33F6N5O5S. The van der Waals surface area contributed by atoms with Crippen LogP contribution in [-0.2, 0) is 32.5 Å². The standard InChI is InChI=1S/C31H33F6N5O5S/c1-16-6-7-24-18(8-16)9-19(27(43)40-24)10-20(14-38)39-28(44)25(12-17-11-22(33)23(34)13-21(17)32)42(5)29(45)26(30(2,3)4)41-48(46,47)15-31(35,36)37/h6-9,11,13,20,25-26,41H,10,12,15H2,1-5H3,(H,39,44)(H,40,43)/t20?,25-,26+/m0/s1. The predicted molar refractivity (Wildman–Crippen MR) is 163 cm³/mol. The van der Waals surface area contributed by atoms with Gasteiger partial charge in [0, 0.05) is 37.0 Å². The lowest BCUT2D eigenvalue weighted by Gasteiger charge is -2.36. The third kappa shape index (κ3) is 9.80. The fraction of sp³-hybridized carbons (Fsp3) is 0.419. The maximum Gasteiger partial charge on any atom is 0.404 e. The molecule has 1 aromatic heterocycles. The Labute approximate surface area is 272 Å². The quantitative estimate of drug-likeness (QED) is 0.205. The van der Waals surface area contributed by atoms with Gasteiger partial charge in [-0.15, -0.1) is 0 Å². The number of carbonyl (C=O) groups is 2. The fourth-order valence-corrected chi connectivity index (χ4v) is 6.19. The number of aryl methyl sites for hydroxylation is 1. The van der Waals surface area contributed by atoms with Crippen LogP contribution in [0.5, 0.6) is 0 Å². The normalized spacial score (nSPS) is 14.2. The number of nitriles is 1. The molecule has 0 radical (unpaired) electrons. The Morgan fingerprint density at radius 1 is 0.979 bits per heavy atom. The average Bonchev–Trinajstić information content (AvgIpc) is 2.94. The summed E-state index contributed by atoms with van der Waals surface area (Å²) in [7, 11) is -4.18. The number of nitrogens with zero attached hydrogens (tertiary/aromatic N) is 2. The predicted octanol–water partition coefficient (Wildman–Crippen LogP) is 3.77. The number of sulfonamides is 1. The molecule has 0 saturated carbocycles. The number of rotatable bonds is 11. The number of aromatic nitrogens is 1. The molecule has 48 heavy (non-hydrogen) atoms. The zero-order valence-corrected chi connectivity index (χ0v) is 27.2. The smallest absolute Gasteiger partial charge is 0.338 e. The number of pyridine rings is 1. The summed E-state index contributed by atoms with van der Waals surface area (Å²) in [6.45, 7) is 5.81. The van der Waals surface area contributed by atoms with Crippen LogP contribution in [0.4, 0.5) is 26.3 Å². The van der Waals surface area contributed by atoms with E-state index in [2.05, 4.69) is 10.3 Å². The number of alkyl halides is 3. The van der Waals surface area contributed by atoms with Crippen molar-refractivity contribution in [3.05, 3.63) is 80.9 Å². The Balaban J connectivity index is 2.00. The second kappa shape index (κ2) is 14.4. The minimum atomic E-state index is -5.16. The molecule has 0 fully saturated rings. The van der Waals surface area contributed by atoms with E-state index in [-0.39, 0.29) is 18.1 Å². The minimum Gasteiger partial charge on any atom is -0.338 e. The summed E-state index contributed by atoms with van der Waals surface area (Å²) in [5, 5.41) is 12.8. The maximum atomic E-state index is 14.7. The maximum absolute atomic E-state index is 14.7.